The highest BCUT2D eigenvalue weighted by molar-refractivity contribution is 9.10. The molecule has 1 N–H and O–H groups in total. The van der Waals surface area contributed by atoms with Crippen molar-refractivity contribution < 1.29 is 0 Å². The third kappa shape index (κ3) is 4.07. The normalized spacial score (nSPS) is 12.4. The molecule has 3 heteroatoms. The predicted octanol–water partition coefficient (Wildman–Crippen LogP) is 5.26. The first-order valence-electron chi connectivity index (χ1n) is 6.30. The van der Waals surface area contributed by atoms with Crippen molar-refractivity contribution in [1.82, 2.24) is 5.32 Å². The van der Waals surface area contributed by atoms with Gasteiger partial charge in [-0.25, -0.2) is 0 Å². The highest BCUT2D eigenvalue weighted by Crippen LogP contribution is 2.22. The quantitative estimate of drug-likeness (QED) is 0.801. The molecular weight excluding hydrogens is 322 g/mol. The van der Waals surface area contributed by atoms with Crippen LogP contribution in [0, 0.1) is 6.92 Å². The molecule has 2 aromatic rings. The van der Waals surface area contributed by atoms with E-state index in [1.165, 1.54) is 16.7 Å². The number of hydrogen-bond acceptors (Lipinski definition) is 1. The summed E-state index contributed by atoms with van der Waals surface area (Å²) in [6.45, 7) is 5.08. The second-order valence-electron chi connectivity index (χ2n) is 4.75. The number of rotatable bonds is 4. The van der Waals surface area contributed by atoms with Gasteiger partial charge < -0.3 is 5.32 Å². The van der Waals surface area contributed by atoms with Crippen LogP contribution >= 0.6 is 27.5 Å². The Kier molecular flexibility index (Phi) is 5.03. The van der Waals surface area contributed by atoms with Gasteiger partial charge in [0.05, 0.1) is 0 Å². The van der Waals surface area contributed by atoms with Crippen LogP contribution in [0.5, 0.6) is 0 Å². The van der Waals surface area contributed by atoms with Gasteiger partial charge in [-0.1, -0.05) is 57.4 Å². The SMILES string of the molecule is Cc1cccc([C@H](C)NCc2cc(Cl)ccc2Br)c1. The van der Waals surface area contributed by atoms with Crippen molar-refractivity contribution >= 4 is 27.5 Å². The second-order valence-corrected chi connectivity index (χ2v) is 6.04. The third-order valence-corrected chi connectivity index (χ3v) is 4.16. The number of halogens is 2. The highest BCUT2D eigenvalue weighted by atomic mass is 79.9. The lowest BCUT2D eigenvalue weighted by molar-refractivity contribution is 0.573. The summed E-state index contributed by atoms with van der Waals surface area (Å²) in [6.07, 6.45) is 0. The van der Waals surface area contributed by atoms with E-state index in [2.05, 4.69) is 59.4 Å². The van der Waals surface area contributed by atoms with Gasteiger partial charge in [-0.2, -0.15) is 0 Å². The summed E-state index contributed by atoms with van der Waals surface area (Å²) in [5.41, 5.74) is 3.76. The predicted molar refractivity (Wildman–Crippen MR) is 85.6 cm³/mol. The Morgan fingerprint density at radius 2 is 2.00 bits per heavy atom. The van der Waals surface area contributed by atoms with Gasteiger partial charge in [-0.15, -0.1) is 0 Å². The molecular formula is C16H17BrClN. The van der Waals surface area contributed by atoms with Crippen LogP contribution in [0.2, 0.25) is 5.02 Å². The van der Waals surface area contributed by atoms with Crippen LogP contribution < -0.4 is 5.32 Å². The van der Waals surface area contributed by atoms with Crippen LogP contribution in [0.3, 0.4) is 0 Å². The molecule has 0 bridgehead atoms. The molecule has 100 valence electrons. The molecule has 1 nitrogen and oxygen atoms in total. The lowest BCUT2D eigenvalue weighted by Crippen LogP contribution is -2.18. The lowest BCUT2D eigenvalue weighted by Gasteiger charge is -2.15. The van der Waals surface area contributed by atoms with Crippen LogP contribution in [0.1, 0.15) is 29.7 Å². The van der Waals surface area contributed by atoms with E-state index in [1.807, 2.05) is 18.2 Å². The fourth-order valence-electron chi connectivity index (χ4n) is 2.00. The van der Waals surface area contributed by atoms with E-state index in [-0.39, 0.29) is 0 Å². The van der Waals surface area contributed by atoms with Crippen molar-refractivity contribution in [3.63, 3.8) is 0 Å². The van der Waals surface area contributed by atoms with Crippen molar-refractivity contribution in [3.05, 3.63) is 68.7 Å². The molecule has 1 atom stereocenters. The summed E-state index contributed by atoms with van der Waals surface area (Å²) in [5.74, 6) is 0. The van der Waals surface area contributed by atoms with Crippen LogP contribution in [0.25, 0.3) is 0 Å². The Morgan fingerprint density at radius 1 is 1.21 bits per heavy atom. The number of hydrogen-bond donors (Lipinski definition) is 1. The number of aryl methyl sites for hydroxylation is 1. The van der Waals surface area contributed by atoms with Gasteiger partial charge >= 0.3 is 0 Å². The molecule has 0 aliphatic rings. The van der Waals surface area contributed by atoms with Crippen molar-refractivity contribution in [3.8, 4) is 0 Å². The molecule has 0 amide bonds. The molecule has 0 unspecified atom stereocenters. The molecule has 2 aromatic carbocycles. The average molecular weight is 339 g/mol. The minimum atomic E-state index is 0.311. The number of nitrogens with one attached hydrogen (secondary N) is 1. The van der Waals surface area contributed by atoms with E-state index in [1.54, 1.807) is 0 Å². The van der Waals surface area contributed by atoms with Gasteiger partial charge in [-0.3, -0.25) is 0 Å². The topological polar surface area (TPSA) is 12.0 Å². The Bertz CT molecular complexity index is 568. The minimum Gasteiger partial charge on any atom is -0.306 e. The molecule has 0 radical (unpaired) electrons. The lowest BCUT2D eigenvalue weighted by atomic mass is 10.1. The van der Waals surface area contributed by atoms with Gasteiger partial charge in [-0.05, 0) is 43.2 Å². The van der Waals surface area contributed by atoms with E-state index >= 15 is 0 Å². The summed E-state index contributed by atoms with van der Waals surface area (Å²) < 4.78 is 1.08. The fraction of sp³-hybridized carbons (Fsp3) is 0.250. The maximum absolute atomic E-state index is 6.02. The zero-order valence-electron chi connectivity index (χ0n) is 11.1. The Labute approximate surface area is 128 Å². The molecule has 0 spiro atoms. The first-order chi connectivity index (χ1) is 9.06. The van der Waals surface area contributed by atoms with Gasteiger partial charge in [0.2, 0.25) is 0 Å². The zero-order chi connectivity index (χ0) is 13.8. The fourth-order valence-corrected chi connectivity index (χ4v) is 2.58. The molecule has 2 rings (SSSR count). The maximum Gasteiger partial charge on any atom is 0.0410 e. The van der Waals surface area contributed by atoms with E-state index in [9.17, 15) is 0 Å². The monoisotopic (exact) mass is 337 g/mol. The van der Waals surface area contributed by atoms with E-state index in [0.29, 0.717) is 6.04 Å². The summed E-state index contributed by atoms with van der Waals surface area (Å²) in [6, 6.07) is 14.7. The molecule has 0 heterocycles. The minimum absolute atomic E-state index is 0.311. The molecule has 0 aromatic heterocycles. The van der Waals surface area contributed by atoms with Gasteiger partial charge in [0.15, 0.2) is 0 Å². The van der Waals surface area contributed by atoms with E-state index in [4.69, 9.17) is 11.6 Å². The van der Waals surface area contributed by atoms with Gasteiger partial charge in [0.1, 0.15) is 0 Å². The van der Waals surface area contributed by atoms with Crippen molar-refractivity contribution in [2.45, 2.75) is 26.4 Å². The van der Waals surface area contributed by atoms with Gasteiger partial charge in [0.25, 0.3) is 0 Å². The third-order valence-electron chi connectivity index (χ3n) is 3.15. The second kappa shape index (κ2) is 6.56. The molecule has 0 saturated carbocycles. The summed E-state index contributed by atoms with van der Waals surface area (Å²) in [4.78, 5) is 0. The molecule has 0 aliphatic carbocycles. The van der Waals surface area contributed by atoms with Crippen molar-refractivity contribution in [2.75, 3.05) is 0 Å². The van der Waals surface area contributed by atoms with E-state index < -0.39 is 0 Å². The number of benzene rings is 2. The molecule has 19 heavy (non-hydrogen) atoms. The highest BCUT2D eigenvalue weighted by Gasteiger charge is 2.07. The van der Waals surface area contributed by atoms with E-state index in [0.717, 1.165) is 16.0 Å². The van der Waals surface area contributed by atoms with Crippen LogP contribution in [-0.4, -0.2) is 0 Å². The summed E-state index contributed by atoms with van der Waals surface area (Å²) >= 11 is 9.57. The largest absolute Gasteiger partial charge is 0.306 e. The zero-order valence-corrected chi connectivity index (χ0v) is 13.4. The smallest absolute Gasteiger partial charge is 0.0410 e. The Morgan fingerprint density at radius 3 is 2.74 bits per heavy atom. The van der Waals surface area contributed by atoms with Crippen LogP contribution in [-0.2, 0) is 6.54 Å². The van der Waals surface area contributed by atoms with Crippen molar-refractivity contribution in [1.29, 1.82) is 0 Å². The van der Waals surface area contributed by atoms with Crippen molar-refractivity contribution in [2.24, 2.45) is 0 Å². The van der Waals surface area contributed by atoms with Crippen LogP contribution in [0.4, 0.5) is 0 Å². The first kappa shape index (κ1) is 14.6. The molecule has 0 saturated heterocycles. The molecule has 0 fully saturated rings. The first-order valence-corrected chi connectivity index (χ1v) is 7.47. The summed E-state index contributed by atoms with van der Waals surface area (Å²) in [5, 5.41) is 4.29. The summed E-state index contributed by atoms with van der Waals surface area (Å²) in [7, 11) is 0. The standard InChI is InChI=1S/C16H17BrClN/c1-11-4-3-5-13(8-11)12(2)19-10-14-9-15(18)6-7-16(14)17/h3-9,12,19H,10H2,1-2H3/t12-/m0/s1. The average Bonchev–Trinajstić information content (AvgIpc) is 2.39. The Hall–Kier alpha value is -0.830. The van der Waals surface area contributed by atoms with Gasteiger partial charge in [0, 0.05) is 22.1 Å². The maximum atomic E-state index is 6.02. The molecule has 0 aliphatic heterocycles. The van der Waals surface area contributed by atoms with Crippen LogP contribution in [0.15, 0.2) is 46.9 Å². The Balaban J connectivity index is 2.04.